The third-order valence-electron chi connectivity index (χ3n) is 5.36. The molecule has 1 aliphatic heterocycles. The number of nitrogens with zero attached hydrogens (tertiary/aromatic N) is 2. The Morgan fingerprint density at radius 3 is 2.56 bits per heavy atom. The Balaban J connectivity index is 0.00000261. The molecule has 1 N–H and O–H groups in total. The van der Waals surface area contributed by atoms with Gasteiger partial charge in [-0.3, -0.25) is 4.99 Å². The van der Waals surface area contributed by atoms with Crippen molar-refractivity contribution in [1.29, 1.82) is 0 Å². The predicted molar refractivity (Wildman–Crippen MR) is 121 cm³/mol. The molecule has 3 rings (SSSR count). The lowest BCUT2D eigenvalue weighted by molar-refractivity contribution is 0.155. The van der Waals surface area contributed by atoms with Crippen LogP contribution in [0.5, 0.6) is 5.75 Å². The van der Waals surface area contributed by atoms with E-state index in [1.807, 2.05) is 7.05 Å². The molecular weight excluding hydrogens is 453 g/mol. The maximum absolute atomic E-state index is 6.11. The fraction of sp³-hybridized carbons (Fsp3) is 0.667. The van der Waals surface area contributed by atoms with Gasteiger partial charge in [0.15, 0.2) is 5.96 Å². The summed E-state index contributed by atoms with van der Waals surface area (Å²) in [5, 5.41) is 3.45. The van der Waals surface area contributed by atoms with Gasteiger partial charge < -0.3 is 19.7 Å². The van der Waals surface area contributed by atoms with Gasteiger partial charge in [0.2, 0.25) is 0 Å². The first-order valence-electron chi connectivity index (χ1n) is 9.99. The maximum atomic E-state index is 6.11. The number of guanidine groups is 1. The van der Waals surface area contributed by atoms with Crippen molar-refractivity contribution >= 4 is 29.9 Å². The molecule has 6 heteroatoms. The van der Waals surface area contributed by atoms with Crippen molar-refractivity contribution in [2.45, 2.75) is 51.2 Å². The molecule has 1 aromatic carbocycles. The highest BCUT2D eigenvalue weighted by Crippen LogP contribution is 2.23. The summed E-state index contributed by atoms with van der Waals surface area (Å²) in [7, 11) is 3.93. The van der Waals surface area contributed by atoms with Crippen molar-refractivity contribution in [3.05, 3.63) is 29.8 Å². The molecule has 0 amide bonds. The van der Waals surface area contributed by atoms with Crippen molar-refractivity contribution in [2.75, 3.05) is 33.9 Å². The van der Waals surface area contributed by atoms with Crippen LogP contribution in [0.4, 0.5) is 0 Å². The normalized spacial score (nSPS) is 20.8. The van der Waals surface area contributed by atoms with Gasteiger partial charge in [0.25, 0.3) is 0 Å². The number of halogens is 1. The van der Waals surface area contributed by atoms with E-state index in [0.29, 0.717) is 12.0 Å². The highest BCUT2D eigenvalue weighted by molar-refractivity contribution is 14.0. The molecule has 2 aliphatic rings. The maximum Gasteiger partial charge on any atom is 0.193 e. The van der Waals surface area contributed by atoms with E-state index in [1.54, 1.807) is 0 Å². The SMILES string of the molecule is CN=C(NCc1ccc(OC2CCCCC2)cc1)N(C)CC1CCOC1.I. The second kappa shape index (κ2) is 11.7. The summed E-state index contributed by atoms with van der Waals surface area (Å²) < 4.78 is 11.6. The first kappa shape index (κ1) is 22.3. The number of nitrogens with one attached hydrogen (secondary N) is 1. The molecule has 0 radical (unpaired) electrons. The molecule has 1 saturated carbocycles. The molecule has 27 heavy (non-hydrogen) atoms. The molecule has 2 fully saturated rings. The van der Waals surface area contributed by atoms with Crippen LogP contribution < -0.4 is 10.1 Å². The Morgan fingerprint density at radius 2 is 1.93 bits per heavy atom. The zero-order valence-corrected chi connectivity index (χ0v) is 19.0. The van der Waals surface area contributed by atoms with Gasteiger partial charge in [0.1, 0.15) is 5.75 Å². The third kappa shape index (κ3) is 7.14. The van der Waals surface area contributed by atoms with Gasteiger partial charge in [-0.1, -0.05) is 18.6 Å². The van der Waals surface area contributed by atoms with Gasteiger partial charge in [0, 0.05) is 39.7 Å². The lowest BCUT2D eigenvalue weighted by Gasteiger charge is -2.25. The summed E-state index contributed by atoms with van der Waals surface area (Å²) in [6.45, 7) is 3.50. The Kier molecular flexibility index (Phi) is 9.68. The number of hydrogen-bond acceptors (Lipinski definition) is 3. The smallest absolute Gasteiger partial charge is 0.193 e. The molecule has 0 aromatic heterocycles. The van der Waals surface area contributed by atoms with Gasteiger partial charge >= 0.3 is 0 Å². The fourth-order valence-corrected chi connectivity index (χ4v) is 3.83. The average molecular weight is 487 g/mol. The van der Waals surface area contributed by atoms with Crippen LogP contribution in [0.15, 0.2) is 29.3 Å². The van der Waals surface area contributed by atoms with Crippen LogP contribution >= 0.6 is 24.0 Å². The van der Waals surface area contributed by atoms with E-state index in [2.05, 4.69) is 46.5 Å². The summed E-state index contributed by atoms with van der Waals surface area (Å²) in [4.78, 5) is 6.60. The first-order chi connectivity index (χ1) is 12.7. The lowest BCUT2D eigenvalue weighted by atomic mass is 9.98. The Morgan fingerprint density at radius 1 is 1.19 bits per heavy atom. The fourth-order valence-electron chi connectivity index (χ4n) is 3.83. The molecule has 1 heterocycles. The van der Waals surface area contributed by atoms with Gasteiger partial charge in [-0.25, -0.2) is 0 Å². The number of hydrogen-bond donors (Lipinski definition) is 1. The van der Waals surface area contributed by atoms with Crippen molar-refractivity contribution < 1.29 is 9.47 Å². The zero-order chi connectivity index (χ0) is 18.2. The Hall–Kier alpha value is -1.02. The summed E-state index contributed by atoms with van der Waals surface area (Å²) in [5.41, 5.74) is 1.24. The Bertz CT molecular complexity index is 567. The number of benzene rings is 1. The lowest BCUT2D eigenvalue weighted by Crippen LogP contribution is -2.41. The van der Waals surface area contributed by atoms with Crippen molar-refractivity contribution in [1.82, 2.24) is 10.2 Å². The molecule has 152 valence electrons. The minimum atomic E-state index is 0. The minimum Gasteiger partial charge on any atom is -0.490 e. The second-order valence-corrected chi connectivity index (χ2v) is 7.53. The van der Waals surface area contributed by atoms with Crippen LogP contribution in [0.1, 0.15) is 44.1 Å². The zero-order valence-electron chi connectivity index (χ0n) is 16.7. The van der Waals surface area contributed by atoms with Crippen molar-refractivity contribution in [3.63, 3.8) is 0 Å². The molecule has 1 saturated heterocycles. The molecule has 1 unspecified atom stereocenters. The molecule has 1 atom stereocenters. The van der Waals surface area contributed by atoms with Crippen LogP contribution in [0.25, 0.3) is 0 Å². The van der Waals surface area contributed by atoms with Crippen LogP contribution in [0, 0.1) is 5.92 Å². The topological polar surface area (TPSA) is 46.1 Å². The summed E-state index contributed by atoms with van der Waals surface area (Å²) in [5.74, 6) is 2.53. The monoisotopic (exact) mass is 487 g/mol. The van der Waals surface area contributed by atoms with Gasteiger partial charge in [-0.05, 0) is 49.8 Å². The van der Waals surface area contributed by atoms with E-state index >= 15 is 0 Å². The number of rotatable bonds is 6. The molecule has 0 bridgehead atoms. The average Bonchev–Trinajstić information content (AvgIpc) is 3.17. The highest BCUT2D eigenvalue weighted by Gasteiger charge is 2.19. The van der Waals surface area contributed by atoms with E-state index in [4.69, 9.17) is 9.47 Å². The number of aliphatic imine (C=N–C) groups is 1. The van der Waals surface area contributed by atoms with Gasteiger partial charge in [-0.15, -0.1) is 24.0 Å². The largest absolute Gasteiger partial charge is 0.490 e. The van der Waals surface area contributed by atoms with E-state index in [9.17, 15) is 0 Å². The highest BCUT2D eigenvalue weighted by atomic mass is 127. The minimum absolute atomic E-state index is 0. The number of ether oxygens (including phenoxy) is 2. The van der Waals surface area contributed by atoms with Gasteiger partial charge in [-0.2, -0.15) is 0 Å². The predicted octanol–water partition coefficient (Wildman–Crippen LogP) is 4.06. The van der Waals surface area contributed by atoms with E-state index in [-0.39, 0.29) is 24.0 Å². The standard InChI is InChI=1S/C21H33N3O2.HI/c1-22-21(24(2)15-18-12-13-25-16-18)23-14-17-8-10-20(11-9-17)26-19-6-4-3-5-7-19;/h8-11,18-19H,3-7,12-16H2,1-2H3,(H,22,23);1H. The third-order valence-corrected chi connectivity index (χ3v) is 5.36. The molecular formula is C21H34IN3O2. The molecule has 1 aromatic rings. The van der Waals surface area contributed by atoms with E-state index < -0.39 is 0 Å². The molecule has 1 aliphatic carbocycles. The quantitative estimate of drug-likeness (QED) is 0.374. The molecule has 5 nitrogen and oxygen atoms in total. The van der Waals surface area contributed by atoms with Crippen molar-refractivity contribution in [2.24, 2.45) is 10.9 Å². The van der Waals surface area contributed by atoms with E-state index in [0.717, 1.165) is 44.4 Å². The second-order valence-electron chi connectivity index (χ2n) is 7.53. The van der Waals surface area contributed by atoms with Crippen molar-refractivity contribution in [3.8, 4) is 5.75 Å². The van der Waals surface area contributed by atoms with E-state index in [1.165, 1.54) is 37.7 Å². The summed E-state index contributed by atoms with van der Waals surface area (Å²) in [6, 6.07) is 8.47. The summed E-state index contributed by atoms with van der Waals surface area (Å²) >= 11 is 0. The van der Waals surface area contributed by atoms with Crippen LogP contribution in [0.3, 0.4) is 0 Å². The summed E-state index contributed by atoms with van der Waals surface area (Å²) in [6.07, 6.45) is 7.88. The van der Waals surface area contributed by atoms with Crippen LogP contribution in [-0.2, 0) is 11.3 Å². The first-order valence-corrected chi connectivity index (χ1v) is 9.99. The van der Waals surface area contributed by atoms with Crippen LogP contribution in [0.2, 0.25) is 0 Å². The van der Waals surface area contributed by atoms with Crippen LogP contribution in [-0.4, -0.2) is 50.8 Å². The Labute approximate surface area is 180 Å². The van der Waals surface area contributed by atoms with Gasteiger partial charge in [0.05, 0.1) is 12.7 Å². The molecule has 0 spiro atoms.